The van der Waals surface area contributed by atoms with Gasteiger partial charge in [0, 0.05) is 19.9 Å². The van der Waals surface area contributed by atoms with E-state index < -0.39 is 92.1 Å². The zero-order valence-corrected chi connectivity index (χ0v) is 20.5. The van der Waals surface area contributed by atoms with E-state index in [1.54, 1.807) is 6.92 Å². The molecule has 2 unspecified atom stereocenters. The molecule has 15 heteroatoms. The number of aldehydes is 1. The van der Waals surface area contributed by atoms with Gasteiger partial charge in [0.1, 0.15) is 36.7 Å². The van der Waals surface area contributed by atoms with Gasteiger partial charge in [-0.25, -0.2) is 4.79 Å². The summed E-state index contributed by atoms with van der Waals surface area (Å²) in [6.07, 6.45) is -5.97. The standard InChI is InChI=1S/C21H36N4O11/c1-4-12(10-36-18(17(32)15(29)9-27)13(8-26)24-11(3)28)20(34)25(21(35)23-5-2)14(19(22)33)6-7-16(30)31/h8,12-15,17-18,27,29,32H,4-7,9-10H2,1-3H3,(H2,22,33)(H,23,35)(H,24,28)(H,30,31)/t12?,13-,14?,15+,17+,18+/m0/s1. The van der Waals surface area contributed by atoms with E-state index in [0.717, 1.165) is 6.92 Å². The van der Waals surface area contributed by atoms with Crippen LogP contribution in [-0.4, -0.2) is 111 Å². The molecule has 5 amide bonds. The number of primary amides is 1. The Hall–Kier alpha value is -3.14. The number of carboxylic acids is 1. The van der Waals surface area contributed by atoms with E-state index in [4.69, 9.17) is 20.7 Å². The zero-order valence-electron chi connectivity index (χ0n) is 20.5. The third-order valence-corrected chi connectivity index (χ3v) is 5.18. The molecule has 36 heavy (non-hydrogen) atoms. The van der Waals surface area contributed by atoms with Crippen molar-refractivity contribution in [2.75, 3.05) is 19.8 Å². The second-order valence-corrected chi connectivity index (χ2v) is 7.90. The number of nitrogens with zero attached hydrogens (tertiary/aromatic N) is 1. The molecule has 0 saturated carbocycles. The van der Waals surface area contributed by atoms with Crippen LogP contribution in [0.25, 0.3) is 0 Å². The number of carbonyl (C=O) groups is 6. The van der Waals surface area contributed by atoms with E-state index in [2.05, 4.69) is 10.6 Å². The maximum atomic E-state index is 13.3. The summed E-state index contributed by atoms with van der Waals surface area (Å²) in [6, 6.07) is -4.06. The number of aliphatic hydroxyl groups is 3. The first-order chi connectivity index (χ1) is 16.9. The van der Waals surface area contributed by atoms with Gasteiger partial charge in [0.15, 0.2) is 0 Å². The number of imide groups is 1. The largest absolute Gasteiger partial charge is 0.481 e. The van der Waals surface area contributed by atoms with Crippen molar-refractivity contribution in [3.8, 4) is 0 Å². The van der Waals surface area contributed by atoms with Gasteiger partial charge in [-0.1, -0.05) is 6.92 Å². The summed E-state index contributed by atoms with van der Waals surface area (Å²) in [4.78, 5) is 72.5. The van der Waals surface area contributed by atoms with Crippen LogP contribution in [0.3, 0.4) is 0 Å². The first-order valence-electron chi connectivity index (χ1n) is 11.3. The minimum atomic E-state index is -1.86. The zero-order chi connectivity index (χ0) is 28.0. The molecule has 0 aromatic rings. The van der Waals surface area contributed by atoms with E-state index >= 15 is 0 Å². The number of rotatable bonds is 17. The Morgan fingerprint density at radius 3 is 2.17 bits per heavy atom. The van der Waals surface area contributed by atoms with Crippen LogP contribution in [0.4, 0.5) is 4.79 Å². The Morgan fingerprint density at radius 2 is 1.75 bits per heavy atom. The van der Waals surface area contributed by atoms with Gasteiger partial charge < -0.3 is 46.3 Å². The lowest BCUT2D eigenvalue weighted by Crippen LogP contribution is -2.57. The Balaban J connectivity index is 6.05. The van der Waals surface area contributed by atoms with Crippen molar-refractivity contribution >= 4 is 36.0 Å². The highest BCUT2D eigenvalue weighted by Gasteiger charge is 2.39. The van der Waals surface area contributed by atoms with Crippen LogP contribution in [0, 0.1) is 5.92 Å². The molecule has 0 aliphatic heterocycles. The van der Waals surface area contributed by atoms with Crippen molar-refractivity contribution in [3.63, 3.8) is 0 Å². The molecule has 6 atom stereocenters. The monoisotopic (exact) mass is 520 g/mol. The molecule has 0 fully saturated rings. The van der Waals surface area contributed by atoms with Crippen molar-refractivity contribution in [1.29, 1.82) is 0 Å². The van der Waals surface area contributed by atoms with Crippen molar-refractivity contribution < 1.29 is 53.9 Å². The number of aliphatic hydroxyl groups excluding tert-OH is 3. The number of urea groups is 1. The maximum Gasteiger partial charge on any atom is 0.324 e. The minimum absolute atomic E-state index is 0.0242. The lowest BCUT2D eigenvalue weighted by atomic mass is 10.00. The van der Waals surface area contributed by atoms with E-state index in [-0.39, 0.29) is 19.3 Å². The van der Waals surface area contributed by atoms with Crippen molar-refractivity contribution in [3.05, 3.63) is 0 Å². The topological polar surface area (TPSA) is 246 Å². The molecule has 0 bridgehead atoms. The predicted molar refractivity (Wildman–Crippen MR) is 122 cm³/mol. The Bertz CT molecular complexity index is 779. The fraction of sp³-hybridized carbons (Fsp3) is 0.714. The average Bonchev–Trinajstić information content (AvgIpc) is 2.81. The third-order valence-electron chi connectivity index (χ3n) is 5.18. The number of ether oxygens (including phenoxy) is 1. The molecule has 0 saturated heterocycles. The fourth-order valence-corrected chi connectivity index (χ4v) is 3.25. The summed E-state index contributed by atoms with van der Waals surface area (Å²) in [5.74, 6) is -5.17. The van der Waals surface area contributed by atoms with Crippen LogP contribution >= 0.6 is 0 Å². The predicted octanol–water partition coefficient (Wildman–Crippen LogP) is -2.91. The molecule has 206 valence electrons. The van der Waals surface area contributed by atoms with Gasteiger partial charge in [0.25, 0.3) is 0 Å². The molecular formula is C21H36N4O11. The quantitative estimate of drug-likeness (QED) is 0.0958. The Morgan fingerprint density at radius 1 is 1.14 bits per heavy atom. The van der Waals surface area contributed by atoms with Gasteiger partial charge in [-0.2, -0.15) is 0 Å². The summed E-state index contributed by atoms with van der Waals surface area (Å²) in [7, 11) is 0. The highest BCUT2D eigenvalue weighted by molar-refractivity contribution is 6.00. The van der Waals surface area contributed by atoms with Crippen molar-refractivity contribution in [2.45, 2.75) is 70.4 Å². The van der Waals surface area contributed by atoms with Gasteiger partial charge in [-0.15, -0.1) is 0 Å². The number of nitrogens with one attached hydrogen (secondary N) is 2. The SMILES string of the molecule is CCNC(=O)N(C(=O)C(CC)CO[C@@H]([C@H](O)[C@H](O)CO)[C@H](C=O)NC(C)=O)C(CCC(=O)O)C(N)=O. The summed E-state index contributed by atoms with van der Waals surface area (Å²) in [5.41, 5.74) is 5.35. The normalized spacial score (nSPS) is 15.9. The van der Waals surface area contributed by atoms with Gasteiger partial charge in [-0.3, -0.25) is 24.1 Å². The first-order valence-corrected chi connectivity index (χ1v) is 11.3. The molecule has 0 aliphatic carbocycles. The van der Waals surface area contributed by atoms with Gasteiger partial charge >= 0.3 is 12.0 Å². The third kappa shape index (κ3) is 10.2. The van der Waals surface area contributed by atoms with Gasteiger partial charge in [0.05, 0.1) is 19.1 Å². The van der Waals surface area contributed by atoms with Gasteiger partial charge in [-0.05, 0) is 19.8 Å². The van der Waals surface area contributed by atoms with Crippen molar-refractivity contribution in [2.24, 2.45) is 11.7 Å². The number of hydrogen-bond donors (Lipinski definition) is 7. The lowest BCUT2D eigenvalue weighted by molar-refractivity contribution is -0.150. The Kier molecular flexibility index (Phi) is 15.1. The summed E-state index contributed by atoms with van der Waals surface area (Å²) >= 11 is 0. The van der Waals surface area contributed by atoms with Crippen molar-refractivity contribution in [1.82, 2.24) is 15.5 Å². The first kappa shape index (κ1) is 32.9. The molecule has 0 aromatic heterocycles. The van der Waals surface area contributed by atoms with Crippen LogP contribution in [0.1, 0.15) is 40.0 Å². The number of hydrogen-bond acceptors (Lipinski definition) is 10. The van der Waals surface area contributed by atoms with Crippen LogP contribution in [-0.2, 0) is 28.7 Å². The maximum absolute atomic E-state index is 13.3. The molecule has 0 rings (SSSR count). The number of aliphatic carboxylic acids is 1. The minimum Gasteiger partial charge on any atom is -0.481 e. The van der Waals surface area contributed by atoms with E-state index in [9.17, 15) is 39.0 Å². The highest BCUT2D eigenvalue weighted by Crippen LogP contribution is 2.18. The lowest BCUT2D eigenvalue weighted by Gasteiger charge is -2.33. The van der Waals surface area contributed by atoms with Crippen LogP contribution < -0.4 is 16.4 Å². The number of carboxylic acid groups (broad SMARTS) is 1. The van der Waals surface area contributed by atoms with Crippen LogP contribution in [0.5, 0.6) is 0 Å². The molecule has 8 N–H and O–H groups in total. The summed E-state index contributed by atoms with van der Waals surface area (Å²) < 4.78 is 5.53. The molecule has 0 radical (unpaired) electrons. The summed E-state index contributed by atoms with van der Waals surface area (Å²) in [5, 5.41) is 42.9. The smallest absolute Gasteiger partial charge is 0.324 e. The average molecular weight is 521 g/mol. The molecule has 0 heterocycles. The number of carbonyl (C=O) groups excluding carboxylic acids is 5. The van der Waals surface area contributed by atoms with Crippen LogP contribution in [0.2, 0.25) is 0 Å². The summed E-state index contributed by atoms with van der Waals surface area (Å²) in [6.45, 7) is 2.80. The van der Waals surface area contributed by atoms with E-state index in [0.29, 0.717) is 4.90 Å². The number of amides is 5. The number of nitrogens with two attached hydrogens (primary N) is 1. The fourth-order valence-electron chi connectivity index (χ4n) is 3.25. The van der Waals surface area contributed by atoms with E-state index in [1.165, 1.54) is 6.92 Å². The molecule has 0 aromatic carbocycles. The van der Waals surface area contributed by atoms with Crippen LogP contribution in [0.15, 0.2) is 0 Å². The van der Waals surface area contributed by atoms with Gasteiger partial charge in [0.2, 0.25) is 17.7 Å². The molecular weight excluding hydrogens is 484 g/mol. The molecule has 0 aliphatic rings. The second-order valence-electron chi connectivity index (χ2n) is 7.90. The second kappa shape index (κ2) is 16.5. The molecule has 15 nitrogen and oxygen atoms in total. The highest BCUT2D eigenvalue weighted by atomic mass is 16.5. The Labute approximate surface area is 207 Å². The van der Waals surface area contributed by atoms with E-state index in [1.807, 2.05) is 0 Å². The molecule has 0 spiro atoms.